The zero-order valence-electron chi connectivity index (χ0n) is 13.7. The Labute approximate surface area is 141 Å². The van der Waals surface area contributed by atoms with Crippen LogP contribution in [0.5, 0.6) is 11.5 Å². The van der Waals surface area contributed by atoms with Crippen LogP contribution in [0, 0.1) is 0 Å². The van der Waals surface area contributed by atoms with Gasteiger partial charge < -0.3 is 9.47 Å². The van der Waals surface area contributed by atoms with Crippen molar-refractivity contribution in [2.75, 3.05) is 14.2 Å². The fraction of sp³-hybridized carbons (Fsp3) is 0.200. The van der Waals surface area contributed by atoms with Crippen molar-refractivity contribution in [2.45, 2.75) is 12.8 Å². The smallest absolute Gasteiger partial charge is 0.159 e. The van der Waals surface area contributed by atoms with E-state index in [1.807, 2.05) is 36.5 Å². The third-order valence-corrected chi connectivity index (χ3v) is 4.44. The molecule has 0 saturated heterocycles. The summed E-state index contributed by atoms with van der Waals surface area (Å²) in [4.78, 5) is 9.39. The number of aromatic nitrogens is 2. The van der Waals surface area contributed by atoms with Crippen LogP contribution in [0.3, 0.4) is 0 Å². The number of aryl methyl sites for hydroxylation is 2. The molecule has 0 spiro atoms. The lowest BCUT2D eigenvalue weighted by atomic mass is 9.89. The highest BCUT2D eigenvalue weighted by molar-refractivity contribution is 5.72. The van der Waals surface area contributed by atoms with Gasteiger partial charge in [0.15, 0.2) is 5.82 Å². The molecule has 0 radical (unpaired) electrons. The van der Waals surface area contributed by atoms with Gasteiger partial charge in [-0.25, -0.2) is 9.97 Å². The monoisotopic (exact) mass is 318 g/mol. The van der Waals surface area contributed by atoms with Gasteiger partial charge in [-0.1, -0.05) is 0 Å². The third kappa shape index (κ3) is 2.50. The first-order chi connectivity index (χ1) is 11.8. The molecule has 0 atom stereocenters. The summed E-state index contributed by atoms with van der Waals surface area (Å²) >= 11 is 0. The number of nitrogens with zero attached hydrogens (tertiary/aromatic N) is 2. The highest BCUT2D eigenvalue weighted by Gasteiger charge is 2.19. The van der Waals surface area contributed by atoms with Gasteiger partial charge in [0.05, 0.1) is 19.9 Å². The van der Waals surface area contributed by atoms with Crippen molar-refractivity contribution in [3.8, 4) is 34.1 Å². The quantitative estimate of drug-likeness (QED) is 0.734. The van der Waals surface area contributed by atoms with Crippen LogP contribution < -0.4 is 9.47 Å². The van der Waals surface area contributed by atoms with Crippen molar-refractivity contribution >= 4 is 0 Å². The summed E-state index contributed by atoms with van der Waals surface area (Å²) < 4.78 is 10.5. The van der Waals surface area contributed by atoms with Gasteiger partial charge in [0.2, 0.25) is 0 Å². The highest BCUT2D eigenvalue weighted by Crippen LogP contribution is 2.35. The molecule has 0 aliphatic heterocycles. The molecule has 24 heavy (non-hydrogen) atoms. The molecule has 1 aromatic heterocycles. The summed E-state index contributed by atoms with van der Waals surface area (Å²) in [5.74, 6) is 2.45. The highest BCUT2D eigenvalue weighted by atomic mass is 16.5. The lowest BCUT2D eigenvalue weighted by molar-refractivity contribution is 0.414. The van der Waals surface area contributed by atoms with Gasteiger partial charge in [-0.2, -0.15) is 0 Å². The van der Waals surface area contributed by atoms with Crippen LogP contribution in [0.2, 0.25) is 0 Å². The van der Waals surface area contributed by atoms with Gasteiger partial charge in [-0.05, 0) is 66.4 Å². The van der Waals surface area contributed by atoms with Crippen LogP contribution in [0.1, 0.15) is 11.1 Å². The van der Waals surface area contributed by atoms with E-state index in [1.54, 1.807) is 14.2 Å². The van der Waals surface area contributed by atoms with Crippen LogP contribution in [0.15, 0.2) is 48.7 Å². The molecule has 0 unspecified atom stereocenters. The molecule has 0 N–H and O–H groups in total. The van der Waals surface area contributed by atoms with Gasteiger partial charge in [0.1, 0.15) is 11.5 Å². The Morgan fingerprint density at radius 2 is 1.54 bits per heavy atom. The molecule has 1 heterocycles. The second-order valence-corrected chi connectivity index (χ2v) is 5.82. The Kier molecular flexibility index (Phi) is 3.65. The van der Waals surface area contributed by atoms with Crippen molar-refractivity contribution in [3.63, 3.8) is 0 Å². The maximum atomic E-state index is 5.34. The second kappa shape index (κ2) is 5.96. The van der Waals surface area contributed by atoms with Crippen LogP contribution >= 0.6 is 0 Å². The molecule has 1 aliphatic carbocycles. The molecule has 4 heteroatoms. The number of rotatable bonds is 3. The Balaban J connectivity index is 1.78. The number of hydrogen-bond acceptors (Lipinski definition) is 4. The number of benzene rings is 2. The van der Waals surface area contributed by atoms with Crippen LogP contribution in [-0.4, -0.2) is 24.2 Å². The molecular weight excluding hydrogens is 300 g/mol. The van der Waals surface area contributed by atoms with Crippen molar-refractivity contribution in [1.29, 1.82) is 0 Å². The van der Waals surface area contributed by atoms with E-state index in [9.17, 15) is 0 Å². The van der Waals surface area contributed by atoms with E-state index in [2.05, 4.69) is 17.1 Å². The number of ether oxygens (including phenoxy) is 2. The Morgan fingerprint density at radius 1 is 0.833 bits per heavy atom. The predicted octanol–water partition coefficient (Wildman–Crippen LogP) is 3.93. The zero-order valence-corrected chi connectivity index (χ0v) is 13.7. The number of hydrogen-bond donors (Lipinski definition) is 0. The van der Waals surface area contributed by atoms with Crippen molar-refractivity contribution < 1.29 is 9.47 Å². The topological polar surface area (TPSA) is 44.2 Å². The lowest BCUT2D eigenvalue weighted by Gasteiger charge is -2.19. The molecule has 4 rings (SSSR count). The van der Waals surface area contributed by atoms with Crippen LogP contribution in [0.25, 0.3) is 22.6 Å². The normalized spacial score (nSPS) is 12.2. The van der Waals surface area contributed by atoms with E-state index in [0.29, 0.717) is 0 Å². The standard InChI is InChI=1S/C20H18N2O2/c1-23-16-7-5-13(6-8-16)20-21-12-15-4-3-14-11-17(24-2)9-10-18(14)19(15)22-20/h5-12H,3-4H2,1-2H3. The number of methoxy groups -OCH3 is 2. The third-order valence-electron chi connectivity index (χ3n) is 4.44. The van der Waals surface area contributed by atoms with E-state index < -0.39 is 0 Å². The molecule has 0 saturated carbocycles. The molecule has 0 amide bonds. The minimum atomic E-state index is 0.736. The van der Waals surface area contributed by atoms with E-state index in [0.717, 1.165) is 41.4 Å². The van der Waals surface area contributed by atoms with E-state index in [1.165, 1.54) is 16.7 Å². The lowest BCUT2D eigenvalue weighted by Crippen LogP contribution is -2.08. The molecular formula is C20H18N2O2. The molecule has 1 aliphatic rings. The summed E-state index contributed by atoms with van der Waals surface area (Å²) in [5, 5.41) is 0. The molecule has 0 fully saturated rings. The summed E-state index contributed by atoms with van der Waals surface area (Å²) in [6, 6.07) is 14.0. The van der Waals surface area contributed by atoms with Gasteiger partial charge in [-0.3, -0.25) is 0 Å². The average Bonchev–Trinajstić information content (AvgIpc) is 2.67. The van der Waals surface area contributed by atoms with E-state index >= 15 is 0 Å². The van der Waals surface area contributed by atoms with Crippen molar-refractivity contribution in [1.82, 2.24) is 9.97 Å². The second-order valence-electron chi connectivity index (χ2n) is 5.82. The maximum absolute atomic E-state index is 5.34. The fourth-order valence-electron chi connectivity index (χ4n) is 3.11. The summed E-state index contributed by atoms with van der Waals surface area (Å²) in [5.41, 5.74) is 5.67. The van der Waals surface area contributed by atoms with Crippen molar-refractivity contribution in [2.24, 2.45) is 0 Å². The summed E-state index contributed by atoms with van der Waals surface area (Å²) in [6.45, 7) is 0. The van der Waals surface area contributed by atoms with Gasteiger partial charge >= 0.3 is 0 Å². The summed E-state index contributed by atoms with van der Waals surface area (Å²) in [7, 11) is 3.36. The predicted molar refractivity (Wildman–Crippen MR) is 93.4 cm³/mol. The Bertz CT molecular complexity index is 889. The largest absolute Gasteiger partial charge is 0.497 e. The molecule has 120 valence electrons. The first-order valence-electron chi connectivity index (χ1n) is 7.96. The maximum Gasteiger partial charge on any atom is 0.159 e. The molecule has 4 nitrogen and oxygen atoms in total. The average molecular weight is 318 g/mol. The van der Waals surface area contributed by atoms with E-state index in [4.69, 9.17) is 14.5 Å². The first-order valence-corrected chi connectivity index (χ1v) is 7.96. The molecule has 0 bridgehead atoms. The first kappa shape index (κ1) is 14.7. The Morgan fingerprint density at radius 3 is 2.29 bits per heavy atom. The van der Waals surface area contributed by atoms with Crippen LogP contribution in [0.4, 0.5) is 0 Å². The van der Waals surface area contributed by atoms with Gasteiger partial charge in [0, 0.05) is 17.3 Å². The fourth-order valence-corrected chi connectivity index (χ4v) is 3.11. The molecule has 3 aromatic rings. The zero-order chi connectivity index (χ0) is 16.5. The summed E-state index contributed by atoms with van der Waals surface area (Å²) in [6.07, 6.45) is 3.90. The minimum Gasteiger partial charge on any atom is -0.497 e. The van der Waals surface area contributed by atoms with Crippen LogP contribution in [-0.2, 0) is 12.8 Å². The SMILES string of the molecule is COc1ccc(-c2ncc3c(n2)-c2ccc(OC)cc2CC3)cc1. The Hall–Kier alpha value is -2.88. The number of fused-ring (bicyclic) bond motifs is 3. The van der Waals surface area contributed by atoms with Crippen molar-refractivity contribution in [3.05, 3.63) is 59.8 Å². The molecule has 2 aromatic carbocycles. The van der Waals surface area contributed by atoms with Gasteiger partial charge in [0.25, 0.3) is 0 Å². The van der Waals surface area contributed by atoms with Gasteiger partial charge in [-0.15, -0.1) is 0 Å². The minimum absolute atomic E-state index is 0.736. The van der Waals surface area contributed by atoms with E-state index in [-0.39, 0.29) is 0 Å².